The van der Waals surface area contributed by atoms with Gasteiger partial charge in [-0.3, -0.25) is 14.9 Å². The number of rotatable bonds is 9. The summed E-state index contributed by atoms with van der Waals surface area (Å²) in [7, 11) is 0. The number of likely N-dealkylation sites (tertiary alicyclic amines) is 1. The summed E-state index contributed by atoms with van der Waals surface area (Å²) >= 11 is 0. The summed E-state index contributed by atoms with van der Waals surface area (Å²) in [4.78, 5) is 41.6. The van der Waals surface area contributed by atoms with E-state index in [2.05, 4.69) is 5.32 Å². The topological polar surface area (TPSA) is 99.2 Å². The van der Waals surface area contributed by atoms with Crippen molar-refractivity contribution in [2.75, 3.05) is 19.7 Å². The first-order valence-corrected chi connectivity index (χ1v) is 12.2. The normalized spacial score (nSPS) is 20.3. The van der Waals surface area contributed by atoms with Crippen molar-refractivity contribution < 1.29 is 24.2 Å². The highest BCUT2D eigenvalue weighted by Crippen LogP contribution is 2.36. The van der Waals surface area contributed by atoms with Crippen molar-refractivity contribution in [3.05, 3.63) is 71.8 Å². The smallest absolute Gasteiger partial charge is 0.326 e. The predicted molar refractivity (Wildman–Crippen MR) is 130 cm³/mol. The van der Waals surface area contributed by atoms with Crippen LogP contribution < -0.4 is 5.32 Å². The van der Waals surface area contributed by atoms with Gasteiger partial charge in [-0.2, -0.15) is 0 Å². The largest absolute Gasteiger partial charge is 0.480 e. The van der Waals surface area contributed by atoms with Gasteiger partial charge in [0.2, 0.25) is 11.8 Å². The van der Waals surface area contributed by atoms with Crippen molar-refractivity contribution in [3.63, 3.8) is 0 Å². The number of piperidine rings is 1. The molecule has 8 nitrogen and oxygen atoms in total. The molecule has 0 aliphatic carbocycles. The number of aliphatic carboxylic acids is 1. The molecule has 2 amide bonds. The third-order valence-electron chi connectivity index (χ3n) is 6.99. The van der Waals surface area contributed by atoms with E-state index in [1.165, 1.54) is 0 Å². The first kappa shape index (κ1) is 24.9. The molecule has 2 aliphatic rings. The fourth-order valence-electron chi connectivity index (χ4n) is 5.18. The molecule has 1 spiro atoms. The van der Waals surface area contributed by atoms with Crippen LogP contribution in [-0.2, 0) is 32.1 Å². The number of ether oxygens (including phenoxy) is 1. The summed E-state index contributed by atoms with van der Waals surface area (Å²) in [6.45, 7) is 3.00. The van der Waals surface area contributed by atoms with Crippen molar-refractivity contribution in [1.29, 1.82) is 0 Å². The molecule has 0 saturated carbocycles. The van der Waals surface area contributed by atoms with Crippen LogP contribution in [0.15, 0.2) is 60.7 Å². The van der Waals surface area contributed by atoms with Gasteiger partial charge in [0.1, 0.15) is 12.6 Å². The van der Waals surface area contributed by atoms with Gasteiger partial charge in [0.25, 0.3) is 0 Å². The zero-order valence-corrected chi connectivity index (χ0v) is 20.1. The molecule has 35 heavy (non-hydrogen) atoms. The molecule has 2 atom stereocenters. The predicted octanol–water partition coefficient (Wildman–Crippen LogP) is 2.43. The van der Waals surface area contributed by atoms with E-state index in [0.29, 0.717) is 45.4 Å². The van der Waals surface area contributed by atoms with Crippen LogP contribution in [0.2, 0.25) is 0 Å². The van der Waals surface area contributed by atoms with Gasteiger partial charge in [-0.05, 0) is 24.0 Å². The molecule has 2 saturated heterocycles. The first-order chi connectivity index (χ1) is 16.9. The van der Waals surface area contributed by atoms with Gasteiger partial charge in [0, 0.05) is 25.9 Å². The van der Waals surface area contributed by atoms with E-state index in [9.17, 15) is 19.5 Å². The van der Waals surface area contributed by atoms with E-state index in [-0.39, 0.29) is 18.4 Å². The summed E-state index contributed by atoms with van der Waals surface area (Å²) in [6.07, 6.45) is 1.75. The molecule has 2 fully saturated rings. The number of hydrogen-bond donors (Lipinski definition) is 2. The molecule has 0 aromatic heterocycles. The standard InChI is InChI=1S/C27H33N3O5/c1-2-23(26(33)34)30-25(32)22(17-20-9-5-3-6-10-20)28-27(30)13-15-29(16-14-27)24(31)19-35-18-21-11-7-4-8-12-21/h3-12,22-23,28H,2,13-19H2,1H3,(H,33,34). The van der Waals surface area contributed by atoms with Crippen LogP contribution in [0.1, 0.15) is 37.3 Å². The number of carboxylic acids is 1. The van der Waals surface area contributed by atoms with Crippen LogP contribution in [0, 0.1) is 0 Å². The lowest BCUT2D eigenvalue weighted by Crippen LogP contribution is -2.63. The lowest BCUT2D eigenvalue weighted by molar-refractivity contribution is -0.156. The molecule has 2 unspecified atom stereocenters. The number of hydrogen-bond acceptors (Lipinski definition) is 5. The monoisotopic (exact) mass is 479 g/mol. The summed E-state index contributed by atoms with van der Waals surface area (Å²) < 4.78 is 5.61. The van der Waals surface area contributed by atoms with Crippen molar-refractivity contribution in [1.82, 2.24) is 15.1 Å². The van der Waals surface area contributed by atoms with Crippen LogP contribution in [-0.4, -0.2) is 70.1 Å². The minimum Gasteiger partial charge on any atom is -0.480 e. The second-order valence-electron chi connectivity index (χ2n) is 9.25. The van der Waals surface area contributed by atoms with Crippen LogP contribution >= 0.6 is 0 Å². The Morgan fingerprint density at radius 1 is 1.06 bits per heavy atom. The van der Waals surface area contributed by atoms with E-state index < -0.39 is 23.7 Å². The lowest BCUT2D eigenvalue weighted by Gasteiger charge is -2.46. The molecule has 2 aromatic rings. The Balaban J connectivity index is 1.42. The molecule has 2 heterocycles. The van der Waals surface area contributed by atoms with Gasteiger partial charge < -0.3 is 19.6 Å². The maximum absolute atomic E-state index is 13.5. The van der Waals surface area contributed by atoms with Gasteiger partial charge in [-0.1, -0.05) is 67.6 Å². The quantitative estimate of drug-likeness (QED) is 0.573. The van der Waals surface area contributed by atoms with E-state index >= 15 is 0 Å². The number of carbonyl (C=O) groups is 3. The van der Waals surface area contributed by atoms with E-state index in [4.69, 9.17) is 4.74 Å². The maximum atomic E-state index is 13.5. The Morgan fingerprint density at radius 2 is 1.66 bits per heavy atom. The number of nitrogens with zero attached hydrogens (tertiary/aromatic N) is 2. The summed E-state index contributed by atoms with van der Waals surface area (Å²) in [6, 6.07) is 18.0. The third-order valence-corrected chi connectivity index (χ3v) is 6.99. The molecule has 2 aromatic carbocycles. The Morgan fingerprint density at radius 3 is 2.23 bits per heavy atom. The van der Waals surface area contributed by atoms with Gasteiger partial charge in [0.15, 0.2) is 0 Å². The Hall–Kier alpha value is -3.23. The average molecular weight is 480 g/mol. The van der Waals surface area contributed by atoms with Crippen molar-refractivity contribution in [2.24, 2.45) is 0 Å². The Kier molecular flexibility index (Phi) is 7.83. The minimum absolute atomic E-state index is 0.0126. The Bertz CT molecular complexity index is 1020. The molecule has 8 heteroatoms. The average Bonchev–Trinajstić information content (AvgIpc) is 3.11. The summed E-state index contributed by atoms with van der Waals surface area (Å²) in [5.41, 5.74) is 1.24. The van der Waals surface area contributed by atoms with E-state index in [1.54, 1.807) is 16.7 Å². The van der Waals surface area contributed by atoms with E-state index in [1.807, 2.05) is 60.7 Å². The second-order valence-corrected chi connectivity index (χ2v) is 9.25. The van der Waals surface area contributed by atoms with E-state index in [0.717, 1.165) is 11.1 Å². The zero-order valence-electron chi connectivity index (χ0n) is 20.1. The van der Waals surface area contributed by atoms with Crippen molar-refractivity contribution in [3.8, 4) is 0 Å². The fraction of sp³-hybridized carbons (Fsp3) is 0.444. The van der Waals surface area contributed by atoms with Crippen molar-refractivity contribution >= 4 is 17.8 Å². The van der Waals surface area contributed by atoms with Crippen molar-refractivity contribution in [2.45, 2.75) is 57.0 Å². The van der Waals surface area contributed by atoms with Gasteiger partial charge in [-0.25, -0.2) is 4.79 Å². The number of amides is 2. The molecule has 2 aliphatic heterocycles. The third kappa shape index (κ3) is 5.55. The SMILES string of the molecule is CCC(C(=O)O)N1C(=O)C(Cc2ccccc2)NC12CCN(C(=O)COCc1ccccc1)CC2. The minimum atomic E-state index is -1.00. The van der Waals surface area contributed by atoms with Gasteiger partial charge in [-0.15, -0.1) is 0 Å². The lowest BCUT2D eigenvalue weighted by atomic mass is 9.93. The molecule has 2 N–H and O–H groups in total. The second kappa shape index (κ2) is 11.0. The van der Waals surface area contributed by atoms with Crippen LogP contribution in [0.3, 0.4) is 0 Å². The molecule has 0 bridgehead atoms. The molecule has 186 valence electrons. The molecule has 4 rings (SSSR count). The number of carboxylic acid groups (broad SMARTS) is 1. The highest BCUT2D eigenvalue weighted by molar-refractivity contribution is 5.90. The summed E-state index contributed by atoms with van der Waals surface area (Å²) in [5, 5.41) is 13.4. The Labute approximate surface area is 205 Å². The highest BCUT2D eigenvalue weighted by Gasteiger charge is 2.55. The number of carbonyl (C=O) groups excluding carboxylic acids is 2. The maximum Gasteiger partial charge on any atom is 0.326 e. The van der Waals surface area contributed by atoms with Gasteiger partial charge in [0.05, 0.1) is 18.3 Å². The number of nitrogens with one attached hydrogen (secondary N) is 1. The van der Waals surface area contributed by atoms with Crippen LogP contribution in [0.5, 0.6) is 0 Å². The zero-order chi connectivity index (χ0) is 24.8. The van der Waals surface area contributed by atoms with Gasteiger partial charge >= 0.3 is 5.97 Å². The first-order valence-electron chi connectivity index (χ1n) is 12.2. The number of benzene rings is 2. The van der Waals surface area contributed by atoms with Crippen LogP contribution in [0.4, 0.5) is 0 Å². The molecule has 0 radical (unpaired) electrons. The van der Waals surface area contributed by atoms with Crippen LogP contribution in [0.25, 0.3) is 0 Å². The molecular weight excluding hydrogens is 446 g/mol. The highest BCUT2D eigenvalue weighted by atomic mass is 16.5. The summed E-state index contributed by atoms with van der Waals surface area (Å²) in [5.74, 6) is -1.29. The fourth-order valence-corrected chi connectivity index (χ4v) is 5.18. The molecular formula is C27H33N3O5.